The van der Waals surface area contributed by atoms with E-state index in [4.69, 9.17) is 18.0 Å². The maximum Gasteiger partial charge on any atom is 0.253 e. The predicted molar refractivity (Wildman–Crippen MR) is 65.0 cm³/mol. The van der Waals surface area contributed by atoms with Crippen LogP contribution in [0.2, 0.25) is 0 Å². The van der Waals surface area contributed by atoms with E-state index in [9.17, 15) is 4.79 Å². The van der Waals surface area contributed by atoms with Gasteiger partial charge in [0, 0.05) is 0 Å². The second-order valence-electron chi connectivity index (χ2n) is 3.64. The first-order valence-corrected chi connectivity index (χ1v) is 5.29. The van der Waals surface area contributed by atoms with E-state index in [-0.39, 0.29) is 10.9 Å². The lowest BCUT2D eigenvalue weighted by atomic mass is 9.98. The van der Waals surface area contributed by atoms with Crippen molar-refractivity contribution in [3.8, 4) is 0 Å². The molecule has 5 nitrogen and oxygen atoms in total. The standard InChI is InChI=1S/C10H14N4OS/c1-3-10(2,9(11)16)14-8(15)7-4-5-12-13-6-7/h4-6H,3H2,1-2H3,(H2,11,16)(H,14,15). The van der Waals surface area contributed by atoms with Gasteiger partial charge in [-0.3, -0.25) is 4.79 Å². The fraction of sp³-hybridized carbons (Fsp3) is 0.400. The second kappa shape index (κ2) is 4.98. The molecule has 0 aromatic carbocycles. The number of nitrogens with one attached hydrogen (secondary N) is 1. The lowest BCUT2D eigenvalue weighted by Crippen LogP contribution is -2.54. The monoisotopic (exact) mass is 238 g/mol. The van der Waals surface area contributed by atoms with Crippen molar-refractivity contribution in [2.75, 3.05) is 0 Å². The largest absolute Gasteiger partial charge is 0.391 e. The third-order valence-corrected chi connectivity index (χ3v) is 2.94. The van der Waals surface area contributed by atoms with Crippen LogP contribution in [-0.4, -0.2) is 26.6 Å². The summed E-state index contributed by atoms with van der Waals surface area (Å²) in [4.78, 5) is 12.1. The number of hydrogen-bond donors (Lipinski definition) is 2. The number of carbonyl (C=O) groups excluding carboxylic acids is 1. The summed E-state index contributed by atoms with van der Waals surface area (Å²) in [6.45, 7) is 3.70. The van der Waals surface area contributed by atoms with Gasteiger partial charge in [0.1, 0.15) is 0 Å². The molecule has 0 aliphatic carbocycles. The van der Waals surface area contributed by atoms with Crippen LogP contribution in [0.5, 0.6) is 0 Å². The van der Waals surface area contributed by atoms with Crippen LogP contribution in [0, 0.1) is 0 Å². The van der Waals surface area contributed by atoms with Gasteiger partial charge in [-0.2, -0.15) is 10.2 Å². The van der Waals surface area contributed by atoms with E-state index in [1.807, 2.05) is 6.92 Å². The summed E-state index contributed by atoms with van der Waals surface area (Å²) in [6.07, 6.45) is 3.48. The summed E-state index contributed by atoms with van der Waals surface area (Å²) in [5.74, 6) is -0.257. The summed E-state index contributed by atoms with van der Waals surface area (Å²) >= 11 is 4.93. The quantitative estimate of drug-likeness (QED) is 0.753. The third kappa shape index (κ3) is 2.73. The Kier molecular flexibility index (Phi) is 3.89. The molecule has 1 unspecified atom stereocenters. The van der Waals surface area contributed by atoms with Crippen molar-refractivity contribution in [1.82, 2.24) is 15.5 Å². The average Bonchev–Trinajstić information content (AvgIpc) is 2.29. The minimum atomic E-state index is -0.671. The van der Waals surface area contributed by atoms with Gasteiger partial charge in [-0.05, 0) is 19.4 Å². The highest BCUT2D eigenvalue weighted by molar-refractivity contribution is 7.80. The molecule has 0 fully saturated rings. The van der Waals surface area contributed by atoms with E-state index in [0.717, 1.165) is 0 Å². The molecule has 1 heterocycles. The Hall–Kier alpha value is -1.56. The first-order valence-electron chi connectivity index (χ1n) is 4.88. The van der Waals surface area contributed by atoms with Crippen LogP contribution in [0.4, 0.5) is 0 Å². The summed E-state index contributed by atoms with van der Waals surface area (Å²) in [6, 6.07) is 1.58. The molecule has 16 heavy (non-hydrogen) atoms. The van der Waals surface area contributed by atoms with E-state index in [2.05, 4.69) is 15.5 Å². The molecule has 0 aliphatic heterocycles. The van der Waals surface area contributed by atoms with Crippen LogP contribution >= 0.6 is 12.2 Å². The van der Waals surface area contributed by atoms with Gasteiger partial charge in [0.25, 0.3) is 5.91 Å². The van der Waals surface area contributed by atoms with Gasteiger partial charge in [-0.25, -0.2) is 0 Å². The van der Waals surface area contributed by atoms with Crippen LogP contribution < -0.4 is 11.1 Å². The summed E-state index contributed by atoms with van der Waals surface area (Å²) in [7, 11) is 0. The molecule has 6 heteroatoms. The van der Waals surface area contributed by atoms with Crippen molar-refractivity contribution in [3.63, 3.8) is 0 Å². The number of hydrogen-bond acceptors (Lipinski definition) is 4. The first kappa shape index (κ1) is 12.5. The summed E-state index contributed by atoms with van der Waals surface area (Å²) in [5.41, 5.74) is 5.36. The number of carbonyl (C=O) groups is 1. The van der Waals surface area contributed by atoms with Gasteiger partial charge in [-0.15, -0.1) is 0 Å². The highest BCUT2D eigenvalue weighted by Crippen LogP contribution is 2.10. The topological polar surface area (TPSA) is 80.9 Å². The van der Waals surface area contributed by atoms with E-state index >= 15 is 0 Å². The Morgan fingerprint density at radius 3 is 2.75 bits per heavy atom. The molecular weight excluding hydrogens is 224 g/mol. The number of thiocarbonyl (C=S) groups is 1. The predicted octanol–water partition coefficient (Wildman–Crippen LogP) is 0.661. The molecule has 0 saturated carbocycles. The van der Waals surface area contributed by atoms with E-state index in [1.165, 1.54) is 12.4 Å². The van der Waals surface area contributed by atoms with Crippen molar-refractivity contribution in [1.29, 1.82) is 0 Å². The minimum Gasteiger partial charge on any atom is -0.391 e. The molecular formula is C10H14N4OS. The Morgan fingerprint density at radius 1 is 1.62 bits per heavy atom. The lowest BCUT2D eigenvalue weighted by molar-refractivity contribution is 0.0926. The molecule has 1 amide bonds. The van der Waals surface area contributed by atoms with Crippen molar-refractivity contribution in [3.05, 3.63) is 24.0 Å². The summed E-state index contributed by atoms with van der Waals surface area (Å²) < 4.78 is 0. The molecule has 1 atom stereocenters. The fourth-order valence-corrected chi connectivity index (χ4v) is 1.27. The van der Waals surface area contributed by atoms with Crippen molar-refractivity contribution >= 4 is 23.1 Å². The molecule has 0 saturated heterocycles. The molecule has 1 rings (SSSR count). The van der Waals surface area contributed by atoms with Crippen molar-refractivity contribution in [2.24, 2.45) is 5.73 Å². The highest BCUT2D eigenvalue weighted by Gasteiger charge is 2.27. The second-order valence-corrected chi connectivity index (χ2v) is 4.07. The van der Waals surface area contributed by atoms with Crippen LogP contribution in [0.3, 0.4) is 0 Å². The number of aromatic nitrogens is 2. The average molecular weight is 238 g/mol. The summed E-state index contributed by atoms with van der Waals surface area (Å²) in [5, 5.41) is 10.0. The molecule has 0 bridgehead atoms. The normalized spacial score (nSPS) is 13.9. The number of nitrogens with zero attached hydrogens (tertiary/aromatic N) is 2. The zero-order chi connectivity index (χ0) is 12.2. The van der Waals surface area contributed by atoms with Crippen molar-refractivity contribution < 1.29 is 4.79 Å². The first-order chi connectivity index (χ1) is 7.49. The highest BCUT2D eigenvalue weighted by atomic mass is 32.1. The zero-order valence-electron chi connectivity index (χ0n) is 9.23. The smallest absolute Gasteiger partial charge is 0.253 e. The molecule has 1 aromatic rings. The Balaban J connectivity index is 2.82. The van der Waals surface area contributed by atoms with Crippen LogP contribution in [-0.2, 0) is 0 Å². The van der Waals surface area contributed by atoms with Gasteiger partial charge in [0.15, 0.2) is 0 Å². The zero-order valence-corrected chi connectivity index (χ0v) is 10.0. The van der Waals surface area contributed by atoms with Crippen molar-refractivity contribution in [2.45, 2.75) is 25.8 Å². The Morgan fingerprint density at radius 2 is 2.31 bits per heavy atom. The minimum absolute atomic E-state index is 0.257. The molecule has 0 aliphatic rings. The van der Waals surface area contributed by atoms with Crippen LogP contribution in [0.25, 0.3) is 0 Å². The maximum atomic E-state index is 11.8. The Bertz CT molecular complexity index is 395. The van der Waals surface area contributed by atoms with E-state index in [1.54, 1.807) is 13.0 Å². The third-order valence-electron chi connectivity index (χ3n) is 2.49. The van der Waals surface area contributed by atoms with Gasteiger partial charge < -0.3 is 11.1 Å². The van der Waals surface area contributed by atoms with Crippen LogP contribution in [0.15, 0.2) is 18.5 Å². The molecule has 0 radical (unpaired) electrons. The van der Waals surface area contributed by atoms with Crippen LogP contribution in [0.1, 0.15) is 30.6 Å². The van der Waals surface area contributed by atoms with E-state index < -0.39 is 5.54 Å². The molecule has 86 valence electrons. The Labute approximate surface area is 99.4 Å². The molecule has 0 spiro atoms. The number of amides is 1. The van der Waals surface area contributed by atoms with Gasteiger partial charge in [-0.1, -0.05) is 19.1 Å². The number of nitrogens with two attached hydrogens (primary N) is 1. The van der Waals surface area contributed by atoms with Gasteiger partial charge >= 0.3 is 0 Å². The van der Waals surface area contributed by atoms with E-state index in [0.29, 0.717) is 12.0 Å². The molecule has 3 N–H and O–H groups in total. The van der Waals surface area contributed by atoms with Gasteiger partial charge in [0.2, 0.25) is 0 Å². The molecule has 1 aromatic heterocycles. The fourth-order valence-electron chi connectivity index (χ4n) is 1.07. The van der Waals surface area contributed by atoms with Gasteiger partial charge in [0.05, 0.1) is 28.5 Å². The number of rotatable bonds is 4. The SMILES string of the molecule is CCC(C)(NC(=O)c1ccnnc1)C(N)=S. The maximum absolute atomic E-state index is 11.8. The lowest BCUT2D eigenvalue weighted by Gasteiger charge is -2.28.